The molecule has 0 atom stereocenters. The van der Waals surface area contributed by atoms with E-state index in [1.807, 2.05) is 25.1 Å². The third kappa shape index (κ3) is 3.73. The largest absolute Gasteiger partial charge is 0.399 e. The Labute approximate surface area is 173 Å². The van der Waals surface area contributed by atoms with E-state index in [4.69, 9.17) is 9.82 Å². The maximum absolute atomic E-state index is 12.2. The lowest BCUT2D eigenvalue weighted by molar-refractivity contribution is 0.212. The van der Waals surface area contributed by atoms with Gasteiger partial charge in [0.15, 0.2) is 0 Å². The van der Waals surface area contributed by atoms with Crippen LogP contribution in [0.25, 0.3) is 21.1 Å². The quantitative estimate of drug-likeness (QED) is 0.591. The van der Waals surface area contributed by atoms with Crippen LogP contribution in [0.5, 0.6) is 0 Å². The molecule has 0 spiro atoms. The SMILES string of the molecule is CON=C1CCN(S(C)(=O)=O)c2ccc(-c3sc(-c4cccnc4)nc3C)nc21. The van der Waals surface area contributed by atoms with Crippen LogP contribution >= 0.6 is 11.3 Å². The molecular weight excluding hydrogens is 410 g/mol. The number of sulfonamides is 1. The number of hydrogen-bond donors (Lipinski definition) is 0. The molecule has 150 valence electrons. The van der Waals surface area contributed by atoms with Crippen molar-refractivity contribution in [2.45, 2.75) is 13.3 Å². The van der Waals surface area contributed by atoms with Gasteiger partial charge in [0, 0.05) is 30.9 Å². The van der Waals surface area contributed by atoms with Crippen molar-refractivity contribution >= 4 is 32.8 Å². The number of oxime groups is 1. The molecule has 29 heavy (non-hydrogen) atoms. The number of nitrogens with zero attached hydrogens (tertiary/aromatic N) is 5. The summed E-state index contributed by atoms with van der Waals surface area (Å²) in [5, 5.41) is 4.92. The van der Waals surface area contributed by atoms with Crippen molar-refractivity contribution < 1.29 is 13.3 Å². The zero-order chi connectivity index (χ0) is 20.6. The molecule has 0 radical (unpaired) electrons. The van der Waals surface area contributed by atoms with E-state index in [-0.39, 0.29) is 0 Å². The maximum Gasteiger partial charge on any atom is 0.232 e. The Balaban J connectivity index is 1.83. The number of aromatic nitrogens is 3. The van der Waals surface area contributed by atoms with Gasteiger partial charge in [-0.3, -0.25) is 9.29 Å². The molecule has 4 rings (SSSR count). The van der Waals surface area contributed by atoms with Crippen LogP contribution in [-0.4, -0.2) is 49.0 Å². The summed E-state index contributed by atoms with van der Waals surface area (Å²) in [7, 11) is -1.95. The van der Waals surface area contributed by atoms with Gasteiger partial charge in [-0.25, -0.2) is 18.4 Å². The van der Waals surface area contributed by atoms with Crippen LogP contribution in [0, 0.1) is 6.92 Å². The molecule has 0 unspecified atom stereocenters. The molecule has 0 fully saturated rings. The summed E-state index contributed by atoms with van der Waals surface area (Å²) in [6.07, 6.45) is 5.11. The van der Waals surface area contributed by atoms with Crippen LogP contribution in [-0.2, 0) is 14.9 Å². The number of thiazole rings is 1. The van der Waals surface area contributed by atoms with Crippen LogP contribution in [0.2, 0.25) is 0 Å². The lowest BCUT2D eigenvalue weighted by Gasteiger charge is -2.29. The van der Waals surface area contributed by atoms with Crippen LogP contribution in [0.1, 0.15) is 17.8 Å². The minimum absolute atomic E-state index is 0.305. The smallest absolute Gasteiger partial charge is 0.232 e. The molecule has 0 bridgehead atoms. The first kappa shape index (κ1) is 19.5. The van der Waals surface area contributed by atoms with Gasteiger partial charge in [0.05, 0.1) is 28.2 Å². The first-order valence-electron chi connectivity index (χ1n) is 8.86. The first-order valence-corrected chi connectivity index (χ1v) is 11.5. The molecular formula is C19H19N5O3S2. The lowest BCUT2D eigenvalue weighted by atomic mass is 10.1. The minimum Gasteiger partial charge on any atom is -0.399 e. The Morgan fingerprint density at radius 2 is 2.07 bits per heavy atom. The maximum atomic E-state index is 12.2. The summed E-state index contributed by atoms with van der Waals surface area (Å²) in [4.78, 5) is 19.4. The van der Waals surface area contributed by atoms with Gasteiger partial charge in [0.1, 0.15) is 23.5 Å². The van der Waals surface area contributed by atoms with Crippen molar-refractivity contribution in [2.24, 2.45) is 5.16 Å². The highest BCUT2D eigenvalue weighted by Gasteiger charge is 2.30. The van der Waals surface area contributed by atoms with Crippen LogP contribution in [0.15, 0.2) is 41.8 Å². The Kier molecular flexibility index (Phi) is 5.05. The van der Waals surface area contributed by atoms with Crippen molar-refractivity contribution in [2.75, 3.05) is 24.2 Å². The summed E-state index contributed by atoms with van der Waals surface area (Å²) >= 11 is 1.52. The number of anilines is 1. The first-order chi connectivity index (χ1) is 13.9. The summed E-state index contributed by atoms with van der Waals surface area (Å²) in [6.45, 7) is 2.24. The predicted octanol–water partition coefficient (Wildman–Crippen LogP) is 3.10. The monoisotopic (exact) mass is 429 g/mol. The zero-order valence-corrected chi connectivity index (χ0v) is 17.8. The number of hydrogen-bond acceptors (Lipinski definition) is 8. The van der Waals surface area contributed by atoms with E-state index in [0.717, 1.165) is 21.1 Å². The average molecular weight is 430 g/mol. The molecule has 10 heteroatoms. The average Bonchev–Trinajstić information content (AvgIpc) is 3.09. The normalized spacial score (nSPS) is 15.4. The fraction of sp³-hybridized carbons (Fsp3) is 0.263. The highest BCUT2D eigenvalue weighted by Crippen LogP contribution is 2.36. The van der Waals surface area contributed by atoms with Gasteiger partial charge in [0.2, 0.25) is 10.0 Å². The van der Waals surface area contributed by atoms with Gasteiger partial charge >= 0.3 is 0 Å². The highest BCUT2D eigenvalue weighted by atomic mass is 32.2. The molecule has 0 saturated carbocycles. The van der Waals surface area contributed by atoms with Crippen molar-refractivity contribution in [3.8, 4) is 21.1 Å². The molecule has 0 saturated heterocycles. The highest BCUT2D eigenvalue weighted by molar-refractivity contribution is 7.92. The molecule has 3 aromatic rings. The number of aryl methyl sites for hydroxylation is 1. The van der Waals surface area contributed by atoms with Crippen molar-refractivity contribution in [3.05, 3.63) is 48.0 Å². The Morgan fingerprint density at radius 3 is 2.76 bits per heavy atom. The Hall–Kier alpha value is -2.85. The van der Waals surface area contributed by atoms with Gasteiger partial charge in [-0.2, -0.15) is 0 Å². The molecule has 0 amide bonds. The summed E-state index contributed by atoms with van der Waals surface area (Å²) < 4.78 is 25.7. The molecule has 1 aliphatic heterocycles. The lowest BCUT2D eigenvalue weighted by Crippen LogP contribution is -2.37. The second kappa shape index (κ2) is 7.53. The van der Waals surface area contributed by atoms with E-state index in [1.54, 1.807) is 18.5 Å². The Bertz CT molecular complexity index is 1190. The number of rotatable bonds is 4. The van der Waals surface area contributed by atoms with Gasteiger partial charge in [-0.1, -0.05) is 5.16 Å². The zero-order valence-electron chi connectivity index (χ0n) is 16.2. The van der Waals surface area contributed by atoms with Gasteiger partial charge in [-0.15, -0.1) is 11.3 Å². The third-order valence-corrected chi connectivity index (χ3v) is 6.92. The molecule has 4 heterocycles. The summed E-state index contributed by atoms with van der Waals surface area (Å²) in [5.74, 6) is 0. The molecule has 0 aliphatic carbocycles. The van der Waals surface area contributed by atoms with E-state index < -0.39 is 10.0 Å². The van der Waals surface area contributed by atoms with Gasteiger partial charge in [0.25, 0.3) is 0 Å². The van der Waals surface area contributed by atoms with Gasteiger partial charge in [-0.05, 0) is 31.2 Å². The number of pyridine rings is 2. The minimum atomic E-state index is -3.41. The van der Waals surface area contributed by atoms with Crippen molar-refractivity contribution in [3.63, 3.8) is 0 Å². The summed E-state index contributed by atoms with van der Waals surface area (Å²) in [5.41, 5.74) is 4.15. The number of fused-ring (bicyclic) bond motifs is 1. The van der Waals surface area contributed by atoms with E-state index in [0.29, 0.717) is 35.8 Å². The standard InChI is InChI=1S/C19H19N5O3S2/c1-12-18(28-19(21-12)13-5-4-9-20-11-13)15-6-7-16-17(22-15)14(23-27-2)8-10-24(16)29(3,25)26/h4-7,9,11H,8,10H2,1-3H3. The second-order valence-electron chi connectivity index (χ2n) is 6.55. The Morgan fingerprint density at radius 1 is 1.24 bits per heavy atom. The van der Waals surface area contributed by atoms with Crippen LogP contribution < -0.4 is 4.31 Å². The molecule has 0 aromatic carbocycles. The third-order valence-electron chi connectivity index (χ3n) is 4.51. The molecule has 1 aliphatic rings. The fourth-order valence-electron chi connectivity index (χ4n) is 3.23. The predicted molar refractivity (Wildman–Crippen MR) is 114 cm³/mol. The summed E-state index contributed by atoms with van der Waals surface area (Å²) in [6, 6.07) is 7.42. The molecule has 3 aromatic heterocycles. The van der Waals surface area contributed by atoms with Crippen LogP contribution in [0.3, 0.4) is 0 Å². The fourth-order valence-corrected chi connectivity index (χ4v) is 5.18. The topological polar surface area (TPSA) is 97.6 Å². The molecule has 0 N–H and O–H groups in total. The second-order valence-corrected chi connectivity index (χ2v) is 9.45. The van der Waals surface area contributed by atoms with Crippen molar-refractivity contribution in [1.29, 1.82) is 0 Å². The van der Waals surface area contributed by atoms with E-state index >= 15 is 0 Å². The molecule has 8 nitrogen and oxygen atoms in total. The van der Waals surface area contributed by atoms with Crippen molar-refractivity contribution in [1.82, 2.24) is 15.0 Å². The van der Waals surface area contributed by atoms with Gasteiger partial charge < -0.3 is 4.84 Å². The van der Waals surface area contributed by atoms with E-state index in [1.165, 1.54) is 29.0 Å². The van der Waals surface area contributed by atoms with E-state index in [9.17, 15) is 8.42 Å². The van der Waals surface area contributed by atoms with E-state index in [2.05, 4.69) is 15.1 Å². The van der Waals surface area contributed by atoms with Crippen LogP contribution in [0.4, 0.5) is 5.69 Å².